The van der Waals surface area contributed by atoms with E-state index in [1.807, 2.05) is 25.1 Å². The molecule has 0 spiro atoms. The number of piperazine rings is 1. The van der Waals surface area contributed by atoms with Crippen molar-refractivity contribution in [2.45, 2.75) is 27.4 Å². The summed E-state index contributed by atoms with van der Waals surface area (Å²) in [4.78, 5) is 4.74. The summed E-state index contributed by atoms with van der Waals surface area (Å²) in [5.74, 6) is 0.951. The molecule has 0 atom stereocenters. The van der Waals surface area contributed by atoms with Crippen molar-refractivity contribution in [2.24, 2.45) is 0 Å². The first-order valence-corrected chi connectivity index (χ1v) is 10.8. The molecule has 8 heteroatoms. The summed E-state index contributed by atoms with van der Waals surface area (Å²) in [6.45, 7) is 11.3. The topological polar surface area (TPSA) is 51.4 Å². The normalized spacial score (nSPS) is 14.8. The Bertz CT molecular complexity index is 1070. The third-order valence-electron chi connectivity index (χ3n) is 5.59. The lowest BCUT2D eigenvalue weighted by Gasteiger charge is -2.36. The Morgan fingerprint density at radius 1 is 0.967 bits per heavy atom. The van der Waals surface area contributed by atoms with Crippen LogP contribution in [0.2, 0.25) is 0 Å². The van der Waals surface area contributed by atoms with Gasteiger partial charge in [-0.3, -0.25) is 4.90 Å². The number of para-hydroxylation sites is 2. The number of anilines is 1. The maximum absolute atomic E-state index is 5.79. The van der Waals surface area contributed by atoms with Crippen molar-refractivity contribution in [3.63, 3.8) is 0 Å². The number of tetrazole rings is 1. The molecule has 1 aliphatic rings. The van der Waals surface area contributed by atoms with Crippen molar-refractivity contribution in [1.29, 1.82) is 0 Å². The Balaban J connectivity index is 1.42. The van der Waals surface area contributed by atoms with E-state index in [0.717, 1.165) is 43.3 Å². The Morgan fingerprint density at radius 3 is 2.47 bits per heavy atom. The van der Waals surface area contributed by atoms with Gasteiger partial charge in [-0.05, 0) is 78.8 Å². The summed E-state index contributed by atoms with van der Waals surface area (Å²) in [5, 5.41) is 8.59. The lowest BCUT2D eigenvalue weighted by molar-refractivity contribution is 0.192. The minimum Gasteiger partial charge on any atom is -0.492 e. The third-order valence-corrected chi connectivity index (χ3v) is 5.97. The number of ether oxygens (including phenoxy) is 1. The van der Waals surface area contributed by atoms with Gasteiger partial charge in [0.2, 0.25) is 4.77 Å². The van der Waals surface area contributed by atoms with Gasteiger partial charge >= 0.3 is 0 Å². The fourth-order valence-electron chi connectivity index (χ4n) is 3.70. The molecule has 2 heterocycles. The summed E-state index contributed by atoms with van der Waals surface area (Å²) in [6.07, 6.45) is 0. The number of hydrogen-bond donors (Lipinski definition) is 0. The third kappa shape index (κ3) is 4.24. The maximum atomic E-state index is 5.79. The molecule has 0 radical (unpaired) electrons. The van der Waals surface area contributed by atoms with Crippen LogP contribution in [0, 0.1) is 18.6 Å². The highest BCUT2D eigenvalue weighted by Crippen LogP contribution is 2.28. The molecule has 30 heavy (non-hydrogen) atoms. The lowest BCUT2D eigenvalue weighted by Crippen LogP contribution is -2.47. The minimum atomic E-state index is 0.613. The van der Waals surface area contributed by atoms with Gasteiger partial charge in [0.05, 0.1) is 24.7 Å². The van der Waals surface area contributed by atoms with Crippen molar-refractivity contribution in [2.75, 3.05) is 37.7 Å². The summed E-state index contributed by atoms with van der Waals surface area (Å²) >= 11 is 5.65. The first-order valence-electron chi connectivity index (χ1n) is 10.4. The molecule has 1 aliphatic heterocycles. The molecule has 158 valence electrons. The van der Waals surface area contributed by atoms with Gasteiger partial charge in [-0.2, -0.15) is 4.68 Å². The van der Waals surface area contributed by atoms with E-state index in [1.54, 1.807) is 9.36 Å². The van der Waals surface area contributed by atoms with Crippen LogP contribution in [-0.4, -0.2) is 57.5 Å². The van der Waals surface area contributed by atoms with Crippen LogP contribution in [-0.2, 0) is 6.67 Å². The molecular formula is C22H28N6OS. The quantitative estimate of drug-likeness (QED) is 0.564. The molecule has 2 aromatic carbocycles. The molecule has 1 aromatic heterocycles. The van der Waals surface area contributed by atoms with Crippen LogP contribution >= 0.6 is 12.2 Å². The van der Waals surface area contributed by atoms with E-state index in [1.165, 1.54) is 11.1 Å². The molecule has 0 amide bonds. The van der Waals surface area contributed by atoms with E-state index in [0.29, 0.717) is 18.0 Å². The van der Waals surface area contributed by atoms with Crippen LogP contribution in [0.15, 0.2) is 42.5 Å². The molecule has 1 fully saturated rings. The Labute approximate surface area is 182 Å². The van der Waals surface area contributed by atoms with E-state index >= 15 is 0 Å². The first kappa shape index (κ1) is 20.6. The Morgan fingerprint density at radius 2 is 1.73 bits per heavy atom. The second kappa shape index (κ2) is 8.97. The van der Waals surface area contributed by atoms with Crippen molar-refractivity contribution < 1.29 is 4.74 Å². The predicted molar refractivity (Wildman–Crippen MR) is 121 cm³/mol. The largest absolute Gasteiger partial charge is 0.492 e. The number of nitrogens with zero attached hydrogens (tertiary/aromatic N) is 6. The van der Waals surface area contributed by atoms with E-state index in [9.17, 15) is 0 Å². The van der Waals surface area contributed by atoms with E-state index in [-0.39, 0.29) is 0 Å². The number of aromatic nitrogens is 4. The molecule has 7 nitrogen and oxygen atoms in total. The standard InChI is InChI=1S/C22H28N6OS/c1-4-29-21-8-6-5-7-20(21)26-13-11-25(12-14-26)16-27-22(30)28(24-23-27)19-10-9-17(2)18(3)15-19/h5-10,15H,4,11-14,16H2,1-3H3. The van der Waals surface area contributed by atoms with Gasteiger partial charge in [0.25, 0.3) is 0 Å². The zero-order chi connectivity index (χ0) is 21.1. The van der Waals surface area contributed by atoms with Gasteiger partial charge in [0.15, 0.2) is 0 Å². The highest BCUT2D eigenvalue weighted by molar-refractivity contribution is 7.71. The average molecular weight is 425 g/mol. The summed E-state index contributed by atoms with van der Waals surface area (Å²) < 4.78 is 9.94. The van der Waals surface area contributed by atoms with Gasteiger partial charge in [-0.25, -0.2) is 4.68 Å². The first-order chi connectivity index (χ1) is 14.6. The van der Waals surface area contributed by atoms with Gasteiger partial charge in [0.1, 0.15) is 5.75 Å². The second-order valence-corrected chi connectivity index (χ2v) is 7.95. The molecule has 1 saturated heterocycles. The average Bonchev–Trinajstić information content (AvgIpc) is 3.11. The SMILES string of the molecule is CCOc1ccccc1N1CCN(Cn2nnn(-c3ccc(C)c(C)c3)c2=S)CC1. The van der Waals surface area contributed by atoms with Gasteiger partial charge in [0, 0.05) is 26.2 Å². The smallest absolute Gasteiger partial charge is 0.221 e. The predicted octanol–water partition coefficient (Wildman–Crippen LogP) is 3.59. The van der Waals surface area contributed by atoms with Crippen molar-refractivity contribution in [1.82, 2.24) is 24.7 Å². The highest BCUT2D eigenvalue weighted by Gasteiger charge is 2.20. The molecule has 0 aliphatic carbocycles. The van der Waals surface area contributed by atoms with Gasteiger partial charge < -0.3 is 9.64 Å². The van der Waals surface area contributed by atoms with Crippen molar-refractivity contribution in [3.8, 4) is 11.4 Å². The molecule has 0 N–H and O–H groups in total. The molecule has 0 bridgehead atoms. The number of aryl methyl sites for hydroxylation is 2. The fraction of sp³-hybridized carbons (Fsp3) is 0.409. The molecule has 3 aromatic rings. The van der Waals surface area contributed by atoms with Crippen LogP contribution < -0.4 is 9.64 Å². The van der Waals surface area contributed by atoms with Crippen molar-refractivity contribution >= 4 is 17.9 Å². The molecule has 0 unspecified atom stereocenters. The lowest BCUT2D eigenvalue weighted by atomic mass is 10.1. The Kier molecular flexibility index (Phi) is 6.15. The van der Waals surface area contributed by atoms with E-state index < -0.39 is 0 Å². The summed E-state index contributed by atoms with van der Waals surface area (Å²) in [5.41, 5.74) is 4.58. The number of hydrogen-bond acceptors (Lipinski definition) is 6. The van der Waals surface area contributed by atoms with Gasteiger partial charge in [-0.1, -0.05) is 18.2 Å². The zero-order valence-corrected chi connectivity index (χ0v) is 18.6. The zero-order valence-electron chi connectivity index (χ0n) is 17.8. The summed E-state index contributed by atoms with van der Waals surface area (Å²) in [6, 6.07) is 14.5. The Hall–Kier alpha value is -2.71. The van der Waals surface area contributed by atoms with Crippen LogP contribution in [0.1, 0.15) is 18.1 Å². The minimum absolute atomic E-state index is 0.613. The van der Waals surface area contributed by atoms with Crippen LogP contribution in [0.5, 0.6) is 5.75 Å². The monoisotopic (exact) mass is 424 g/mol. The fourth-order valence-corrected chi connectivity index (χ4v) is 3.93. The van der Waals surface area contributed by atoms with Crippen LogP contribution in [0.3, 0.4) is 0 Å². The number of rotatable bonds is 6. The van der Waals surface area contributed by atoms with Crippen molar-refractivity contribution in [3.05, 3.63) is 58.4 Å². The molecule has 0 saturated carbocycles. The van der Waals surface area contributed by atoms with Gasteiger partial charge in [-0.15, -0.1) is 0 Å². The molecule has 4 rings (SSSR count). The summed E-state index contributed by atoms with van der Waals surface area (Å²) in [7, 11) is 0. The number of benzene rings is 2. The van der Waals surface area contributed by atoms with E-state index in [2.05, 4.69) is 58.3 Å². The maximum Gasteiger partial charge on any atom is 0.221 e. The van der Waals surface area contributed by atoms with Crippen LogP contribution in [0.25, 0.3) is 5.69 Å². The van der Waals surface area contributed by atoms with E-state index in [4.69, 9.17) is 17.0 Å². The second-order valence-electron chi connectivity index (χ2n) is 7.59. The molecular weight excluding hydrogens is 396 g/mol. The van der Waals surface area contributed by atoms with Crippen LogP contribution in [0.4, 0.5) is 5.69 Å². The highest BCUT2D eigenvalue weighted by atomic mass is 32.1.